The first-order valence-corrected chi connectivity index (χ1v) is 4.73. The first-order chi connectivity index (χ1) is 6.63. The minimum Gasteiger partial charge on any atom is -0.468 e. The Morgan fingerprint density at radius 2 is 2.21 bits per heavy atom. The average molecular weight is 200 g/mol. The molecule has 0 radical (unpaired) electrons. The number of hydrogen-bond donors (Lipinski definition) is 2. The molecule has 0 aliphatic heterocycles. The molecule has 0 aromatic rings. The van der Waals surface area contributed by atoms with E-state index in [4.69, 9.17) is 5.73 Å². The van der Waals surface area contributed by atoms with Gasteiger partial charge in [-0.1, -0.05) is 0 Å². The van der Waals surface area contributed by atoms with E-state index >= 15 is 0 Å². The van der Waals surface area contributed by atoms with Gasteiger partial charge >= 0.3 is 5.97 Å². The van der Waals surface area contributed by atoms with Crippen LogP contribution in [0.25, 0.3) is 0 Å². The van der Waals surface area contributed by atoms with Crippen molar-refractivity contribution in [2.24, 2.45) is 11.7 Å². The lowest BCUT2D eigenvalue weighted by Crippen LogP contribution is -2.34. The van der Waals surface area contributed by atoms with Crippen molar-refractivity contribution in [2.45, 2.75) is 25.3 Å². The Morgan fingerprint density at radius 1 is 1.50 bits per heavy atom. The zero-order valence-corrected chi connectivity index (χ0v) is 8.29. The van der Waals surface area contributed by atoms with E-state index in [1.807, 2.05) is 0 Å². The lowest BCUT2D eigenvalue weighted by atomic mass is 10.1. The molecule has 0 aromatic carbocycles. The zero-order chi connectivity index (χ0) is 10.6. The maximum atomic E-state index is 11.4. The Balaban J connectivity index is 2.25. The fraction of sp³-hybridized carbons (Fsp3) is 0.778. The molecular weight excluding hydrogens is 184 g/mol. The maximum absolute atomic E-state index is 11.4. The second kappa shape index (κ2) is 4.95. The third-order valence-corrected chi connectivity index (χ3v) is 2.48. The molecule has 5 nitrogen and oxygen atoms in total. The third-order valence-electron chi connectivity index (χ3n) is 2.48. The van der Waals surface area contributed by atoms with Crippen molar-refractivity contribution in [3.63, 3.8) is 0 Å². The molecule has 0 aromatic heterocycles. The van der Waals surface area contributed by atoms with Crippen LogP contribution in [0.2, 0.25) is 0 Å². The highest BCUT2D eigenvalue weighted by Gasteiger charge is 2.27. The summed E-state index contributed by atoms with van der Waals surface area (Å²) < 4.78 is 4.41. The molecule has 1 aliphatic rings. The summed E-state index contributed by atoms with van der Waals surface area (Å²) in [6, 6.07) is 0.129. The molecule has 1 fully saturated rings. The molecule has 0 saturated heterocycles. The van der Waals surface area contributed by atoms with Crippen molar-refractivity contribution in [3.05, 3.63) is 0 Å². The molecule has 1 amide bonds. The highest BCUT2D eigenvalue weighted by Crippen LogP contribution is 2.23. The molecule has 2 atom stereocenters. The van der Waals surface area contributed by atoms with Crippen molar-refractivity contribution in [3.8, 4) is 0 Å². The van der Waals surface area contributed by atoms with Gasteiger partial charge in [-0.15, -0.1) is 0 Å². The van der Waals surface area contributed by atoms with Crippen molar-refractivity contribution < 1.29 is 14.3 Å². The van der Waals surface area contributed by atoms with Gasteiger partial charge in [0.1, 0.15) is 6.54 Å². The van der Waals surface area contributed by atoms with Gasteiger partial charge in [0.05, 0.1) is 7.11 Å². The lowest BCUT2D eigenvalue weighted by Gasteiger charge is -2.09. The van der Waals surface area contributed by atoms with Crippen molar-refractivity contribution >= 4 is 11.9 Å². The van der Waals surface area contributed by atoms with Crippen LogP contribution in [-0.4, -0.2) is 31.6 Å². The van der Waals surface area contributed by atoms with Gasteiger partial charge in [-0.25, -0.2) is 0 Å². The molecule has 0 heterocycles. The number of esters is 1. The topological polar surface area (TPSA) is 81.4 Å². The van der Waals surface area contributed by atoms with Crippen LogP contribution in [-0.2, 0) is 14.3 Å². The Bertz CT molecular complexity index is 230. The summed E-state index contributed by atoms with van der Waals surface area (Å²) in [4.78, 5) is 22.2. The second-order valence-corrected chi connectivity index (χ2v) is 3.56. The van der Waals surface area contributed by atoms with Crippen LogP contribution < -0.4 is 11.1 Å². The van der Waals surface area contributed by atoms with Crippen LogP contribution in [0.4, 0.5) is 0 Å². The normalized spacial score (nSPS) is 25.9. The summed E-state index contributed by atoms with van der Waals surface area (Å²) >= 11 is 0. The molecule has 80 valence electrons. The average Bonchev–Trinajstić information content (AvgIpc) is 2.60. The zero-order valence-electron chi connectivity index (χ0n) is 8.29. The molecule has 1 rings (SSSR count). The van der Waals surface area contributed by atoms with Gasteiger partial charge in [-0.2, -0.15) is 0 Å². The number of nitrogens with two attached hydrogens (primary N) is 1. The van der Waals surface area contributed by atoms with Gasteiger partial charge in [0, 0.05) is 12.0 Å². The molecule has 0 spiro atoms. The Labute approximate surface area is 83.0 Å². The first kappa shape index (κ1) is 11.0. The summed E-state index contributed by atoms with van der Waals surface area (Å²) in [5, 5.41) is 2.53. The third kappa shape index (κ3) is 2.99. The molecule has 1 aliphatic carbocycles. The molecule has 5 heteroatoms. The fourth-order valence-electron chi connectivity index (χ4n) is 1.63. The van der Waals surface area contributed by atoms with Crippen LogP contribution in [0.5, 0.6) is 0 Å². The highest BCUT2D eigenvalue weighted by molar-refractivity contribution is 5.83. The van der Waals surface area contributed by atoms with Gasteiger partial charge in [0.15, 0.2) is 0 Å². The summed E-state index contributed by atoms with van der Waals surface area (Å²) in [5.41, 5.74) is 5.67. The molecule has 14 heavy (non-hydrogen) atoms. The van der Waals surface area contributed by atoms with Gasteiger partial charge in [0.2, 0.25) is 5.91 Å². The number of hydrogen-bond acceptors (Lipinski definition) is 4. The monoisotopic (exact) mass is 200 g/mol. The lowest BCUT2D eigenvalue weighted by molar-refractivity contribution is -0.141. The second-order valence-electron chi connectivity index (χ2n) is 3.56. The van der Waals surface area contributed by atoms with Crippen LogP contribution >= 0.6 is 0 Å². The standard InChI is InChI=1S/C9H16N2O3/c1-14-8(12)5-11-9(13)6-2-3-7(10)4-6/h6-7H,2-5,10H2,1H3,(H,11,13). The smallest absolute Gasteiger partial charge is 0.325 e. The fourth-order valence-corrected chi connectivity index (χ4v) is 1.63. The number of carbonyl (C=O) groups excluding carboxylic acids is 2. The largest absolute Gasteiger partial charge is 0.468 e. The number of ether oxygens (including phenoxy) is 1. The number of amides is 1. The molecule has 3 N–H and O–H groups in total. The summed E-state index contributed by atoms with van der Waals surface area (Å²) in [7, 11) is 1.29. The van der Waals surface area contributed by atoms with Gasteiger partial charge in [-0.05, 0) is 19.3 Å². The van der Waals surface area contributed by atoms with E-state index in [0.717, 1.165) is 12.8 Å². The van der Waals surface area contributed by atoms with Crippen molar-refractivity contribution in [1.29, 1.82) is 0 Å². The Hall–Kier alpha value is -1.10. The van der Waals surface area contributed by atoms with Crippen molar-refractivity contribution in [1.82, 2.24) is 5.32 Å². The van der Waals surface area contributed by atoms with Crippen LogP contribution in [0, 0.1) is 5.92 Å². The van der Waals surface area contributed by atoms with E-state index in [-0.39, 0.29) is 24.4 Å². The van der Waals surface area contributed by atoms with Gasteiger partial charge < -0.3 is 15.8 Å². The molecule has 0 bridgehead atoms. The van der Waals surface area contributed by atoms with Crippen LogP contribution in [0.15, 0.2) is 0 Å². The maximum Gasteiger partial charge on any atom is 0.325 e. The number of nitrogens with one attached hydrogen (secondary N) is 1. The first-order valence-electron chi connectivity index (χ1n) is 4.73. The molecule has 1 saturated carbocycles. The quantitative estimate of drug-likeness (QED) is 0.596. The van der Waals surface area contributed by atoms with E-state index in [1.165, 1.54) is 7.11 Å². The van der Waals surface area contributed by atoms with Crippen LogP contribution in [0.1, 0.15) is 19.3 Å². The van der Waals surface area contributed by atoms with E-state index in [1.54, 1.807) is 0 Å². The van der Waals surface area contributed by atoms with Gasteiger partial charge in [-0.3, -0.25) is 9.59 Å². The van der Waals surface area contributed by atoms with E-state index in [9.17, 15) is 9.59 Å². The number of carbonyl (C=O) groups is 2. The summed E-state index contributed by atoms with van der Waals surface area (Å²) in [6.07, 6.45) is 2.41. The molecular formula is C9H16N2O3. The number of rotatable bonds is 3. The predicted molar refractivity (Wildman–Crippen MR) is 50.3 cm³/mol. The van der Waals surface area contributed by atoms with E-state index in [2.05, 4.69) is 10.1 Å². The predicted octanol–water partition coefficient (Wildman–Crippen LogP) is -0.597. The Kier molecular flexibility index (Phi) is 3.88. The van der Waals surface area contributed by atoms with Gasteiger partial charge in [0.25, 0.3) is 0 Å². The molecule has 2 unspecified atom stereocenters. The van der Waals surface area contributed by atoms with E-state index < -0.39 is 5.97 Å². The van der Waals surface area contributed by atoms with Crippen LogP contribution in [0.3, 0.4) is 0 Å². The van der Waals surface area contributed by atoms with Crippen molar-refractivity contribution in [2.75, 3.05) is 13.7 Å². The summed E-state index contributed by atoms with van der Waals surface area (Å²) in [6.45, 7) is -0.0545. The SMILES string of the molecule is COC(=O)CNC(=O)C1CCC(N)C1. The summed E-state index contributed by atoms with van der Waals surface area (Å²) in [5.74, 6) is -0.557. The highest BCUT2D eigenvalue weighted by atomic mass is 16.5. The minimum atomic E-state index is -0.430. The minimum absolute atomic E-state index is 0.0327. The Morgan fingerprint density at radius 3 is 2.71 bits per heavy atom. The number of methoxy groups -OCH3 is 1. The van der Waals surface area contributed by atoms with E-state index in [0.29, 0.717) is 6.42 Å².